The monoisotopic (exact) mass is 371 g/mol. The van der Waals surface area contributed by atoms with Crippen molar-refractivity contribution in [2.24, 2.45) is 5.92 Å². The van der Waals surface area contributed by atoms with E-state index in [1.165, 1.54) is 47.9 Å². The Morgan fingerprint density at radius 2 is 1.50 bits per heavy atom. The first kappa shape index (κ1) is 16.4. The average Bonchev–Trinajstić information content (AvgIpc) is 3.26. The number of piperidine rings is 2. The molecule has 3 heterocycles. The van der Waals surface area contributed by atoms with E-state index in [2.05, 4.69) is 74.1 Å². The predicted octanol–water partition coefficient (Wildman–Crippen LogP) is 3.46. The lowest BCUT2D eigenvalue weighted by atomic mass is 9.71. The first-order valence-electron chi connectivity index (χ1n) is 10.5. The number of nitrogens with one attached hydrogen (secondary N) is 1. The molecule has 5 heteroatoms. The van der Waals surface area contributed by atoms with E-state index < -0.39 is 5.54 Å². The van der Waals surface area contributed by atoms with Crippen molar-refractivity contribution >= 4 is 0 Å². The smallest absolute Gasteiger partial charge is 0.178 e. The first-order valence-corrected chi connectivity index (χ1v) is 10.5. The molecule has 2 aromatic carbocycles. The fourth-order valence-corrected chi connectivity index (χ4v) is 6.09. The number of tetrazole rings is 1. The maximum Gasteiger partial charge on any atom is 0.178 e. The fraction of sp³-hybridized carbons (Fsp3) is 0.435. The van der Waals surface area contributed by atoms with Gasteiger partial charge >= 0.3 is 0 Å². The summed E-state index contributed by atoms with van der Waals surface area (Å²) in [6, 6.07) is 18.5. The zero-order chi connectivity index (χ0) is 18.6. The van der Waals surface area contributed by atoms with Crippen LogP contribution in [-0.4, -0.2) is 38.1 Å². The molecule has 28 heavy (non-hydrogen) atoms. The Hall–Kier alpha value is -2.53. The van der Waals surface area contributed by atoms with Crippen molar-refractivity contribution in [1.82, 2.24) is 25.5 Å². The summed E-state index contributed by atoms with van der Waals surface area (Å²) in [5, 5.41) is 15.8. The van der Waals surface area contributed by atoms with Crippen LogP contribution in [0.4, 0.5) is 0 Å². The molecule has 0 radical (unpaired) electrons. The Morgan fingerprint density at radius 3 is 2.04 bits per heavy atom. The molecule has 3 aromatic rings. The lowest BCUT2D eigenvalue weighted by Crippen LogP contribution is -2.59. The molecule has 0 amide bonds. The number of hydrogen-bond donors (Lipinski definition) is 1. The summed E-state index contributed by atoms with van der Waals surface area (Å²) in [7, 11) is 0. The van der Waals surface area contributed by atoms with Gasteiger partial charge in [0.25, 0.3) is 0 Å². The molecule has 4 aliphatic rings. The van der Waals surface area contributed by atoms with Crippen LogP contribution in [-0.2, 0) is 18.4 Å². The predicted molar refractivity (Wildman–Crippen MR) is 107 cm³/mol. The Kier molecular flexibility index (Phi) is 3.66. The van der Waals surface area contributed by atoms with Gasteiger partial charge in [-0.1, -0.05) is 48.5 Å². The SMILES string of the molecule is c1ccc2c(c1)CCc1ccccc1C2(c1nnn[nH]1)N1CC2CCC1CC2. The lowest BCUT2D eigenvalue weighted by molar-refractivity contribution is -0.0114. The van der Waals surface area contributed by atoms with Crippen molar-refractivity contribution < 1.29 is 0 Å². The number of nitrogens with zero attached hydrogens (tertiary/aromatic N) is 4. The summed E-state index contributed by atoms with van der Waals surface area (Å²) < 4.78 is 0. The van der Waals surface area contributed by atoms with Crippen molar-refractivity contribution in [2.45, 2.75) is 50.1 Å². The van der Waals surface area contributed by atoms with Crippen LogP contribution in [0.3, 0.4) is 0 Å². The van der Waals surface area contributed by atoms with Crippen LogP contribution in [0, 0.1) is 5.92 Å². The van der Waals surface area contributed by atoms with Gasteiger partial charge in [0.05, 0.1) is 0 Å². The number of hydrogen-bond acceptors (Lipinski definition) is 4. The second kappa shape index (κ2) is 6.24. The molecule has 0 unspecified atom stereocenters. The van der Waals surface area contributed by atoms with Crippen LogP contribution < -0.4 is 0 Å². The maximum atomic E-state index is 4.55. The molecule has 2 aliphatic heterocycles. The largest absolute Gasteiger partial charge is 0.280 e. The molecule has 3 fully saturated rings. The third kappa shape index (κ3) is 2.20. The summed E-state index contributed by atoms with van der Waals surface area (Å²) in [4.78, 5) is 2.75. The van der Waals surface area contributed by atoms with Gasteiger partial charge in [0.1, 0.15) is 5.54 Å². The number of fused-ring (bicyclic) bond motifs is 5. The number of rotatable bonds is 2. The Bertz CT molecular complexity index is 940. The molecule has 2 aliphatic carbocycles. The number of benzene rings is 2. The number of aromatic nitrogens is 4. The Balaban J connectivity index is 1.71. The van der Waals surface area contributed by atoms with Gasteiger partial charge in [0, 0.05) is 12.6 Å². The third-order valence-corrected chi connectivity index (χ3v) is 7.31. The minimum atomic E-state index is -0.434. The zero-order valence-electron chi connectivity index (χ0n) is 16.0. The molecule has 0 atom stereocenters. The van der Waals surface area contributed by atoms with Crippen LogP contribution in [0.2, 0.25) is 0 Å². The molecule has 0 spiro atoms. The van der Waals surface area contributed by atoms with Crippen molar-refractivity contribution in [2.75, 3.05) is 6.54 Å². The van der Waals surface area contributed by atoms with E-state index in [9.17, 15) is 0 Å². The summed E-state index contributed by atoms with van der Waals surface area (Å²) in [6.07, 6.45) is 7.37. The Labute approximate surface area is 165 Å². The average molecular weight is 371 g/mol. The molecule has 2 bridgehead atoms. The maximum absolute atomic E-state index is 4.55. The van der Waals surface area contributed by atoms with E-state index in [1.807, 2.05) is 0 Å². The van der Waals surface area contributed by atoms with E-state index in [-0.39, 0.29) is 0 Å². The van der Waals surface area contributed by atoms with Gasteiger partial charge in [0.15, 0.2) is 5.82 Å². The number of H-pyrrole nitrogens is 1. The zero-order valence-corrected chi connectivity index (χ0v) is 16.0. The molecule has 142 valence electrons. The topological polar surface area (TPSA) is 57.7 Å². The minimum absolute atomic E-state index is 0.434. The standard InChI is InChI=1S/C23H25N5/c1-3-7-20-17(5-1)11-12-18-6-2-4-8-21(18)23(20,22-24-26-27-25-22)28-15-16-9-13-19(28)14-10-16/h1-8,16,19H,9-15H2,(H,24,25,26,27). The number of aromatic amines is 1. The lowest BCUT2D eigenvalue weighted by Gasteiger charge is -2.54. The van der Waals surface area contributed by atoms with E-state index in [1.54, 1.807) is 0 Å². The summed E-state index contributed by atoms with van der Waals surface area (Å²) in [5.41, 5.74) is 5.10. The van der Waals surface area contributed by atoms with Gasteiger partial charge in [0.2, 0.25) is 0 Å². The first-order chi connectivity index (χ1) is 13.9. The molecule has 1 aromatic heterocycles. The summed E-state index contributed by atoms with van der Waals surface area (Å²) >= 11 is 0. The highest BCUT2D eigenvalue weighted by Gasteiger charge is 2.53. The van der Waals surface area contributed by atoms with Crippen LogP contribution in [0.5, 0.6) is 0 Å². The normalized spacial score (nSPS) is 25.7. The van der Waals surface area contributed by atoms with Gasteiger partial charge in [-0.3, -0.25) is 4.90 Å². The third-order valence-electron chi connectivity index (χ3n) is 7.31. The van der Waals surface area contributed by atoms with Gasteiger partial charge < -0.3 is 0 Å². The number of aryl methyl sites for hydroxylation is 2. The van der Waals surface area contributed by atoms with E-state index >= 15 is 0 Å². The molecular formula is C23H25N5. The summed E-state index contributed by atoms with van der Waals surface area (Å²) in [5.74, 6) is 1.64. The van der Waals surface area contributed by atoms with E-state index in [0.29, 0.717) is 6.04 Å². The van der Waals surface area contributed by atoms with Gasteiger partial charge in [-0.05, 0) is 77.1 Å². The van der Waals surface area contributed by atoms with Crippen molar-refractivity contribution in [1.29, 1.82) is 0 Å². The van der Waals surface area contributed by atoms with Crippen molar-refractivity contribution in [3.8, 4) is 0 Å². The second-order valence-corrected chi connectivity index (χ2v) is 8.60. The van der Waals surface area contributed by atoms with Crippen molar-refractivity contribution in [3.05, 3.63) is 76.6 Å². The van der Waals surface area contributed by atoms with Crippen LogP contribution in [0.1, 0.15) is 53.8 Å². The molecule has 1 N–H and O–H groups in total. The molecule has 1 saturated carbocycles. The van der Waals surface area contributed by atoms with Gasteiger partial charge in [-0.2, -0.15) is 0 Å². The van der Waals surface area contributed by atoms with E-state index in [4.69, 9.17) is 0 Å². The molecule has 7 rings (SSSR count). The van der Waals surface area contributed by atoms with Gasteiger partial charge in [-0.25, -0.2) is 5.10 Å². The minimum Gasteiger partial charge on any atom is -0.280 e. The summed E-state index contributed by atoms with van der Waals surface area (Å²) in [6.45, 7) is 1.12. The highest BCUT2D eigenvalue weighted by atomic mass is 15.5. The van der Waals surface area contributed by atoms with Crippen LogP contribution in [0.15, 0.2) is 48.5 Å². The molecule has 5 nitrogen and oxygen atoms in total. The van der Waals surface area contributed by atoms with Crippen LogP contribution >= 0.6 is 0 Å². The Morgan fingerprint density at radius 1 is 0.857 bits per heavy atom. The quantitative estimate of drug-likeness (QED) is 0.749. The van der Waals surface area contributed by atoms with Gasteiger partial charge in [-0.15, -0.1) is 5.10 Å². The highest BCUT2D eigenvalue weighted by Crippen LogP contribution is 2.51. The fourth-order valence-electron chi connectivity index (χ4n) is 6.09. The second-order valence-electron chi connectivity index (χ2n) is 8.60. The van der Waals surface area contributed by atoms with Crippen LogP contribution in [0.25, 0.3) is 0 Å². The highest BCUT2D eigenvalue weighted by molar-refractivity contribution is 5.54. The van der Waals surface area contributed by atoms with E-state index in [0.717, 1.165) is 31.1 Å². The molecular weight excluding hydrogens is 346 g/mol. The molecule has 2 saturated heterocycles. The van der Waals surface area contributed by atoms with Crippen molar-refractivity contribution in [3.63, 3.8) is 0 Å².